The molecule has 2 rings (SSSR count). The van der Waals surface area contributed by atoms with Crippen LogP contribution >= 0.6 is 0 Å². The maximum absolute atomic E-state index is 12.5. The first-order valence-electron chi connectivity index (χ1n) is 7.96. The van der Waals surface area contributed by atoms with Gasteiger partial charge in [-0.05, 0) is 36.2 Å². The van der Waals surface area contributed by atoms with E-state index in [0.29, 0.717) is 17.8 Å². The predicted molar refractivity (Wildman–Crippen MR) is 86.9 cm³/mol. The van der Waals surface area contributed by atoms with Crippen LogP contribution in [-0.4, -0.2) is 29.9 Å². The van der Waals surface area contributed by atoms with Crippen LogP contribution in [0.15, 0.2) is 30.3 Å². The van der Waals surface area contributed by atoms with Crippen LogP contribution in [0.3, 0.4) is 0 Å². The summed E-state index contributed by atoms with van der Waals surface area (Å²) in [5, 5.41) is 0. The van der Waals surface area contributed by atoms with Gasteiger partial charge in [-0.1, -0.05) is 51.1 Å². The van der Waals surface area contributed by atoms with E-state index in [2.05, 4.69) is 20.8 Å². The normalized spacial score (nSPS) is 18.6. The topological polar surface area (TPSA) is 46.3 Å². The maximum atomic E-state index is 12.5. The zero-order chi connectivity index (χ0) is 15.5. The minimum absolute atomic E-state index is 0.103. The summed E-state index contributed by atoms with van der Waals surface area (Å²) in [5.41, 5.74) is 7.57. The van der Waals surface area contributed by atoms with E-state index in [1.165, 1.54) is 0 Å². The van der Waals surface area contributed by atoms with E-state index < -0.39 is 6.04 Å². The predicted octanol–water partition coefficient (Wildman–Crippen LogP) is 2.84. The molecule has 1 fully saturated rings. The van der Waals surface area contributed by atoms with E-state index in [9.17, 15) is 4.79 Å². The lowest BCUT2D eigenvalue weighted by molar-refractivity contribution is -0.134. The molecular weight excluding hydrogens is 260 g/mol. The minimum atomic E-state index is -0.418. The second-order valence-electron chi connectivity index (χ2n) is 7.26. The van der Waals surface area contributed by atoms with Crippen LogP contribution in [0.1, 0.15) is 39.2 Å². The molecule has 0 saturated carbocycles. The Hall–Kier alpha value is -1.35. The molecule has 1 heterocycles. The van der Waals surface area contributed by atoms with Gasteiger partial charge in [-0.25, -0.2) is 0 Å². The molecule has 1 amide bonds. The average Bonchev–Trinajstić information content (AvgIpc) is 2.46. The third kappa shape index (κ3) is 4.31. The SMILES string of the molecule is CC(C)(C)C1CCN(C(=O)[C@H](N)Cc2ccccc2)CC1. The van der Waals surface area contributed by atoms with Gasteiger partial charge in [0.15, 0.2) is 0 Å². The number of hydrogen-bond acceptors (Lipinski definition) is 2. The van der Waals surface area contributed by atoms with Crippen molar-refractivity contribution in [3.05, 3.63) is 35.9 Å². The van der Waals surface area contributed by atoms with E-state index in [1.54, 1.807) is 0 Å². The monoisotopic (exact) mass is 288 g/mol. The highest BCUT2D eigenvalue weighted by Crippen LogP contribution is 2.34. The van der Waals surface area contributed by atoms with Gasteiger partial charge in [0.1, 0.15) is 0 Å². The summed E-state index contributed by atoms with van der Waals surface area (Å²) in [4.78, 5) is 14.4. The lowest BCUT2D eigenvalue weighted by atomic mass is 9.75. The van der Waals surface area contributed by atoms with Crippen LogP contribution in [-0.2, 0) is 11.2 Å². The maximum Gasteiger partial charge on any atom is 0.239 e. The number of piperidine rings is 1. The van der Waals surface area contributed by atoms with Crippen LogP contribution < -0.4 is 5.73 Å². The van der Waals surface area contributed by atoms with Gasteiger partial charge in [-0.15, -0.1) is 0 Å². The van der Waals surface area contributed by atoms with Gasteiger partial charge in [0.2, 0.25) is 5.91 Å². The number of amides is 1. The molecule has 0 radical (unpaired) electrons. The molecule has 1 saturated heterocycles. The van der Waals surface area contributed by atoms with Gasteiger partial charge in [-0.3, -0.25) is 4.79 Å². The van der Waals surface area contributed by atoms with Crippen molar-refractivity contribution in [2.24, 2.45) is 17.1 Å². The summed E-state index contributed by atoms with van der Waals surface area (Å²) in [6, 6.07) is 9.59. The van der Waals surface area contributed by atoms with Crippen LogP contribution in [0.2, 0.25) is 0 Å². The Balaban J connectivity index is 1.87. The molecule has 2 N–H and O–H groups in total. The molecule has 0 unspecified atom stereocenters. The molecule has 1 atom stereocenters. The fraction of sp³-hybridized carbons (Fsp3) is 0.611. The smallest absolute Gasteiger partial charge is 0.239 e. The number of carbonyl (C=O) groups excluding carboxylic acids is 1. The molecule has 0 spiro atoms. The summed E-state index contributed by atoms with van der Waals surface area (Å²) >= 11 is 0. The van der Waals surface area contributed by atoms with Crippen LogP contribution in [0, 0.1) is 11.3 Å². The summed E-state index contributed by atoms with van der Waals surface area (Å²) in [6.45, 7) is 8.56. The molecular formula is C18H28N2O. The lowest BCUT2D eigenvalue weighted by Gasteiger charge is -2.39. The first-order valence-corrected chi connectivity index (χ1v) is 7.96. The van der Waals surface area contributed by atoms with Crippen LogP contribution in [0.4, 0.5) is 0 Å². The molecule has 1 aliphatic rings. The van der Waals surface area contributed by atoms with Crippen LogP contribution in [0.25, 0.3) is 0 Å². The molecule has 0 bridgehead atoms. The van der Waals surface area contributed by atoms with Gasteiger partial charge in [-0.2, -0.15) is 0 Å². The highest BCUT2D eigenvalue weighted by Gasteiger charge is 2.31. The first kappa shape index (κ1) is 16.0. The summed E-state index contributed by atoms with van der Waals surface area (Å²) in [5.74, 6) is 0.804. The van der Waals surface area contributed by atoms with Crippen molar-refractivity contribution in [2.75, 3.05) is 13.1 Å². The van der Waals surface area contributed by atoms with Gasteiger partial charge < -0.3 is 10.6 Å². The van der Waals surface area contributed by atoms with E-state index in [-0.39, 0.29) is 5.91 Å². The molecule has 1 aliphatic heterocycles. The van der Waals surface area contributed by atoms with E-state index in [4.69, 9.17) is 5.73 Å². The summed E-state index contributed by atoms with van der Waals surface area (Å²) in [6.07, 6.45) is 2.81. The Morgan fingerprint density at radius 2 is 1.81 bits per heavy atom. The standard InChI is InChI=1S/C18H28N2O/c1-18(2,3)15-9-11-20(12-10-15)17(21)16(19)13-14-7-5-4-6-8-14/h4-8,15-16H,9-13,19H2,1-3H3/t16-/m1/s1. The number of nitrogens with zero attached hydrogens (tertiary/aromatic N) is 1. The Kier molecular flexibility index (Phi) is 5.04. The molecule has 116 valence electrons. The highest BCUT2D eigenvalue weighted by atomic mass is 16.2. The fourth-order valence-electron chi connectivity index (χ4n) is 3.16. The van der Waals surface area contributed by atoms with Crippen molar-refractivity contribution >= 4 is 5.91 Å². The molecule has 0 aliphatic carbocycles. The van der Waals surface area contributed by atoms with E-state index in [0.717, 1.165) is 31.5 Å². The van der Waals surface area contributed by atoms with Crippen molar-refractivity contribution in [2.45, 2.75) is 46.1 Å². The Bertz CT molecular complexity index is 456. The van der Waals surface area contributed by atoms with Crippen molar-refractivity contribution < 1.29 is 4.79 Å². The second-order valence-corrected chi connectivity index (χ2v) is 7.26. The third-order valence-corrected chi connectivity index (χ3v) is 4.65. The number of rotatable bonds is 3. The first-order chi connectivity index (χ1) is 9.88. The Labute approximate surface area is 128 Å². The average molecular weight is 288 g/mol. The number of hydrogen-bond donors (Lipinski definition) is 1. The van der Waals surface area contributed by atoms with E-state index in [1.807, 2.05) is 35.2 Å². The quantitative estimate of drug-likeness (QED) is 0.929. The third-order valence-electron chi connectivity index (χ3n) is 4.65. The highest BCUT2D eigenvalue weighted by molar-refractivity contribution is 5.82. The number of likely N-dealkylation sites (tertiary alicyclic amines) is 1. The summed E-state index contributed by atoms with van der Waals surface area (Å²) in [7, 11) is 0. The number of benzene rings is 1. The number of nitrogens with two attached hydrogens (primary N) is 1. The zero-order valence-electron chi connectivity index (χ0n) is 13.5. The Morgan fingerprint density at radius 3 is 2.33 bits per heavy atom. The molecule has 21 heavy (non-hydrogen) atoms. The van der Waals surface area contributed by atoms with Gasteiger partial charge >= 0.3 is 0 Å². The number of carbonyl (C=O) groups is 1. The Morgan fingerprint density at radius 1 is 1.24 bits per heavy atom. The van der Waals surface area contributed by atoms with E-state index >= 15 is 0 Å². The zero-order valence-corrected chi connectivity index (χ0v) is 13.5. The largest absolute Gasteiger partial charge is 0.341 e. The lowest BCUT2D eigenvalue weighted by Crippen LogP contribution is -2.49. The molecule has 3 nitrogen and oxygen atoms in total. The van der Waals surface area contributed by atoms with Gasteiger partial charge in [0, 0.05) is 13.1 Å². The van der Waals surface area contributed by atoms with Gasteiger partial charge in [0.25, 0.3) is 0 Å². The van der Waals surface area contributed by atoms with Crippen molar-refractivity contribution in [3.8, 4) is 0 Å². The molecule has 1 aromatic rings. The van der Waals surface area contributed by atoms with Crippen molar-refractivity contribution in [1.82, 2.24) is 4.90 Å². The fourth-order valence-corrected chi connectivity index (χ4v) is 3.16. The second kappa shape index (κ2) is 6.61. The minimum Gasteiger partial charge on any atom is -0.341 e. The molecule has 0 aromatic heterocycles. The molecule has 1 aromatic carbocycles. The molecule has 3 heteroatoms. The van der Waals surface area contributed by atoms with Crippen LogP contribution in [0.5, 0.6) is 0 Å². The van der Waals surface area contributed by atoms with Crippen molar-refractivity contribution in [3.63, 3.8) is 0 Å². The van der Waals surface area contributed by atoms with Crippen molar-refractivity contribution in [1.29, 1.82) is 0 Å². The summed E-state index contributed by atoms with van der Waals surface area (Å²) < 4.78 is 0. The van der Waals surface area contributed by atoms with Gasteiger partial charge in [0.05, 0.1) is 6.04 Å².